The van der Waals surface area contributed by atoms with Gasteiger partial charge in [0.05, 0.1) is 56.3 Å². The van der Waals surface area contributed by atoms with Crippen molar-refractivity contribution in [1.82, 2.24) is 15.5 Å². The second-order valence-corrected chi connectivity index (χ2v) is 19.7. The lowest BCUT2D eigenvalue weighted by Crippen LogP contribution is -2.58. The van der Waals surface area contributed by atoms with Gasteiger partial charge in [0.15, 0.2) is 5.75 Å². The number of halogens is 1. The van der Waals surface area contributed by atoms with E-state index in [2.05, 4.69) is 26.6 Å². The summed E-state index contributed by atoms with van der Waals surface area (Å²) in [6.07, 6.45) is 0.840. The third kappa shape index (κ3) is 13.1. The smallest absolute Gasteiger partial charge is 0.246 e. The number of nitrogens with one attached hydrogen (secondary N) is 2. The molecule has 4 atom stereocenters. The van der Waals surface area contributed by atoms with Crippen molar-refractivity contribution < 1.29 is 52.7 Å². The summed E-state index contributed by atoms with van der Waals surface area (Å²) in [6.45, 7) is 10.7. The van der Waals surface area contributed by atoms with E-state index in [1.807, 2.05) is 120 Å². The first kappa shape index (κ1) is 50.1. The molecule has 7 rings (SSSR count). The van der Waals surface area contributed by atoms with Gasteiger partial charge in [0.25, 0.3) is 0 Å². The molecule has 4 aromatic carbocycles. The number of phenols is 1. The fraction of sp³-hybridized carbons (Fsp3) is 0.365. The van der Waals surface area contributed by atoms with Crippen LogP contribution in [0.25, 0.3) is 31.9 Å². The maximum atomic E-state index is 14.0. The number of hydrogen-bond acceptors (Lipinski definition) is 12. The van der Waals surface area contributed by atoms with Gasteiger partial charge in [0.1, 0.15) is 48.3 Å². The van der Waals surface area contributed by atoms with Gasteiger partial charge in [-0.2, -0.15) is 0 Å². The van der Waals surface area contributed by atoms with Crippen molar-refractivity contribution in [1.29, 1.82) is 0 Å². The number of fused-ring (bicyclic) bond motifs is 1. The van der Waals surface area contributed by atoms with Gasteiger partial charge in [-0.3, -0.25) is 14.4 Å². The van der Waals surface area contributed by atoms with Crippen molar-refractivity contribution in [3.05, 3.63) is 119 Å². The Morgan fingerprint density at radius 2 is 1.49 bits per heavy atom. The average Bonchev–Trinajstić information content (AvgIpc) is 4.03. The number of carbonyl (C=O) groups excluding carboxylic acids is 3. The van der Waals surface area contributed by atoms with Gasteiger partial charge in [-0.25, -0.2) is 0 Å². The van der Waals surface area contributed by atoms with Crippen LogP contribution >= 0.6 is 27.3 Å². The minimum Gasteiger partial charge on any atom is -0.508 e. The van der Waals surface area contributed by atoms with Gasteiger partial charge in [-0.15, -0.1) is 11.3 Å². The van der Waals surface area contributed by atoms with E-state index in [9.17, 15) is 24.6 Å². The summed E-state index contributed by atoms with van der Waals surface area (Å²) in [4.78, 5) is 43.0. The normalized spacial score (nSPS) is 15.8. The third-order valence-electron chi connectivity index (χ3n) is 11.4. The quantitative estimate of drug-likeness (QED) is 0.0506. The Kier molecular flexibility index (Phi) is 17.0. The molecule has 360 valence electrons. The van der Waals surface area contributed by atoms with Crippen LogP contribution in [0.5, 0.6) is 23.0 Å². The number of aryl methyl sites for hydroxylation is 1. The zero-order valence-corrected chi connectivity index (χ0v) is 41.2. The van der Waals surface area contributed by atoms with Crippen LogP contribution in [0.3, 0.4) is 0 Å². The summed E-state index contributed by atoms with van der Waals surface area (Å²) < 4.78 is 36.6. The molecule has 1 fully saturated rings. The number of rotatable bonds is 21. The molecule has 4 N–H and O–H groups in total. The van der Waals surface area contributed by atoms with E-state index in [1.54, 1.807) is 29.7 Å². The molecule has 0 aliphatic carbocycles. The molecule has 0 saturated carbocycles. The number of benzene rings is 4. The third-order valence-corrected chi connectivity index (χ3v) is 13.1. The van der Waals surface area contributed by atoms with E-state index in [0.29, 0.717) is 37.9 Å². The monoisotopic (exact) mass is 1010 g/mol. The molecule has 16 heteroatoms. The van der Waals surface area contributed by atoms with E-state index in [-0.39, 0.29) is 50.5 Å². The van der Waals surface area contributed by atoms with Gasteiger partial charge in [-0.05, 0) is 96.6 Å². The molecule has 0 bridgehead atoms. The molecule has 3 amide bonds. The molecule has 1 aliphatic heterocycles. The minimum atomic E-state index is -0.980. The molecule has 0 unspecified atom stereocenters. The molecular formula is C52H58BrN3O11S. The molecular weight excluding hydrogens is 955 g/mol. The summed E-state index contributed by atoms with van der Waals surface area (Å²) in [6, 6.07) is 28.0. The number of aromatic hydroxyl groups is 1. The lowest BCUT2D eigenvalue weighted by molar-refractivity contribution is -0.144. The number of aliphatic hydroxyl groups excluding tert-OH is 1. The molecule has 6 aromatic rings. The molecule has 3 heterocycles. The number of amides is 3. The van der Waals surface area contributed by atoms with E-state index in [4.69, 9.17) is 28.1 Å². The predicted octanol–water partition coefficient (Wildman–Crippen LogP) is 9.20. The maximum Gasteiger partial charge on any atom is 0.246 e. The van der Waals surface area contributed by atoms with E-state index < -0.39 is 35.4 Å². The van der Waals surface area contributed by atoms with Crippen LogP contribution in [0.1, 0.15) is 51.3 Å². The first-order chi connectivity index (χ1) is 32.6. The van der Waals surface area contributed by atoms with Crippen molar-refractivity contribution in [3.8, 4) is 44.8 Å². The average molecular weight is 1010 g/mol. The molecule has 0 radical (unpaired) electrons. The molecule has 1 saturated heterocycles. The molecule has 14 nitrogen and oxygen atoms in total. The number of aliphatic hydroxyl groups is 1. The van der Waals surface area contributed by atoms with Crippen LogP contribution in [0.4, 0.5) is 0 Å². The largest absolute Gasteiger partial charge is 0.508 e. The number of carbonyl (C=O) groups is 3. The highest BCUT2D eigenvalue weighted by atomic mass is 79.9. The topological polar surface area (TPSA) is 178 Å². The summed E-state index contributed by atoms with van der Waals surface area (Å²) in [5.41, 5.74) is 3.12. The Morgan fingerprint density at radius 1 is 0.838 bits per heavy atom. The van der Waals surface area contributed by atoms with Crippen LogP contribution in [-0.2, 0) is 28.6 Å². The lowest BCUT2D eigenvalue weighted by Gasteiger charge is -2.35. The molecule has 2 aromatic heterocycles. The summed E-state index contributed by atoms with van der Waals surface area (Å²) >= 11 is 5.06. The second kappa shape index (κ2) is 23.0. The predicted molar refractivity (Wildman–Crippen MR) is 264 cm³/mol. The SMILES string of the molecule is Cc1ccoc1-c1ccc([C@H](C)NC(=O)[C@@H]2C[C@@H](O)CN2C(=O)[C@@H](NC(=O)COCCOCCOCCOc2ccc(Oc3c(-c4ccc(Br)cc4)sc4cc(O)ccc34)cc2)C(C)(C)C)cc1. The maximum absolute atomic E-state index is 14.0. The number of phenolic OH excluding ortho intramolecular Hbond substituents is 1. The van der Waals surface area contributed by atoms with Crippen molar-refractivity contribution in [3.63, 3.8) is 0 Å². The Balaban J connectivity index is 0.780. The van der Waals surface area contributed by atoms with E-state index in [1.165, 1.54) is 4.90 Å². The van der Waals surface area contributed by atoms with Gasteiger partial charge < -0.3 is 53.8 Å². The number of hydrogen-bond donors (Lipinski definition) is 4. The van der Waals surface area contributed by atoms with Crippen LogP contribution in [0.15, 0.2) is 112 Å². The zero-order valence-electron chi connectivity index (χ0n) is 38.8. The van der Waals surface area contributed by atoms with Crippen LogP contribution in [-0.4, -0.2) is 104 Å². The summed E-state index contributed by atoms with van der Waals surface area (Å²) in [5, 5.41) is 27.4. The Morgan fingerprint density at radius 3 is 2.15 bits per heavy atom. The number of ether oxygens (including phenoxy) is 5. The first-order valence-electron chi connectivity index (χ1n) is 22.5. The van der Waals surface area contributed by atoms with E-state index in [0.717, 1.165) is 53.2 Å². The highest BCUT2D eigenvalue weighted by Crippen LogP contribution is 2.47. The Bertz CT molecular complexity index is 2630. The molecule has 0 spiro atoms. The first-order valence-corrected chi connectivity index (χ1v) is 24.1. The van der Waals surface area contributed by atoms with Gasteiger partial charge in [0.2, 0.25) is 17.7 Å². The number of furan rings is 1. The minimum absolute atomic E-state index is 0.0295. The molecule has 68 heavy (non-hydrogen) atoms. The standard InChI is InChI=1S/C52H58BrN3O11S/c1-32-20-21-66-46(32)35-8-6-34(7-9-35)33(2)54-50(60)43-28-39(58)30-56(43)51(61)49(52(3,4)5)55-45(59)31-64-25-24-62-22-23-63-26-27-65-40-15-17-41(18-16-40)67-47-42-19-14-38(57)29-44(42)68-48(47)36-10-12-37(53)13-11-36/h6-21,29,33,39,43,49,57-58H,22-28,30-31H2,1-5H3,(H,54,60)(H,55,59)/t33-,39+,43-,49+/m0/s1. The fourth-order valence-electron chi connectivity index (χ4n) is 7.81. The zero-order chi connectivity index (χ0) is 48.4. The second-order valence-electron chi connectivity index (χ2n) is 17.7. The fourth-order valence-corrected chi connectivity index (χ4v) is 9.24. The van der Waals surface area contributed by atoms with Crippen LogP contribution in [0.2, 0.25) is 0 Å². The lowest BCUT2D eigenvalue weighted by atomic mass is 9.85. The van der Waals surface area contributed by atoms with Gasteiger partial charge in [-0.1, -0.05) is 73.1 Å². The summed E-state index contributed by atoms with van der Waals surface area (Å²) in [5.74, 6) is 1.68. The number of thiophene rings is 1. The van der Waals surface area contributed by atoms with Gasteiger partial charge >= 0.3 is 0 Å². The number of likely N-dealkylation sites (tertiary alicyclic amines) is 1. The van der Waals surface area contributed by atoms with Crippen molar-refractivity contribution >= 4 is 55.1 Å². The van der Waals surface area contributed by atoms with E-state index >= 15 is 0 Å². The van der Waals surface area contributed by atoms with Crippen molar-refractivity contribution in [2.24, 2.45) is 5.41 Å². The van der Waals surface area contributed by atoms with Crippen LogP contribution in [0, 0.1) is 12.3 Å². The Labute approximate surface area is 408 Å². The van der Waals surface area contributed by atoms with Crippen molar-refractivity contribution in [2.75, 3.05) is 52.8 Å². The number of β-amino-alcohol motifs (C(OH)–C–C–N with tert-alkyl or cyclic N) is 1. The highest BCUT2D eigenvalue weighted by molar-refractivity contribution is 9.10. The summed E-state index contributed by atoms with van der Waals surface area (Å²) in [7, 11) is 0. The van der Waals surface area contributed by atoms with Crippen molar-refractivity contribution in [2.45, 2.75) is 65.3 Å². The Hall–Kier alpha value is -5.75. The molecule has 1 aliphatic rings. The van der Waals surface area contributed by atoms with Crippen LogP contribution < -0.4 is 20.1 Å². The van der Waals surface area contributed by atoms with Gasteiger partial charge in [0, 0.05) is 33.1 Å². The highest BCUT2D eigenvalue weighted by Gasteiger charge is 2.44. The number of nitrogens with zero attached hydrogens (tertiary/aromatic N) is 1.